The van der Waals surface area contributed by atoms with Crippen LogP contribution in [0.3, 0.4) is 0 Å². The van der Waals surface area contributed by atoms with Gasteiger partial charge in [0.25, 0.3) is 11.8 Å². The molecule has 35 heavy (non-hydrogen) atoms. The second-order valence-electron chi connectivity index (χ2n) is 7.26. The van der Waals surface area contributed by atoms with Crippen LogP contribution in [0.4, 0.5) is 5.82 Å². The van der Waals surface area contributed by atoms with Gasteiger partial charge < -0.3 is 4.74 Å². The SMILES string of the molecule is CCOC(=O)c1cnn(-c2ccccc2)c1N(C(=O)c1ccccc1Br)C(=O)c1ccccc1Br. The Hall–Kier alpha value is -3.56. The lowest BCUT2D eigenvalue weighted by atomic mass is 10.1. The van der Waals surface area contributed by atoms with Gasteiger partial charge in [-0.2, -0.15) is 5.10 Å². The molecule has 0 saturated heterocycles. The summed E-state index contributed by atoms with van der Waals surface area (Å²) in [6.07, 6.45) is 1.30. The molecule has 0 radical (unpaired) electrons. The highest BCUT2D eigenvalue weighted by Gasteiger charge is 2.35. The average Bonchev–Trinajstić information content (AvgIpc) is 3.30. The molecule has 7 nitrogen and oxygen atoms in total. The van der Waals surface area contributed by atoms with Crippen molar-refractivity contribution >= 4 is 55.5 Å². The van der Waals surface area contributed by atoms with E-state index in [2.05, 4.69) is 37.0 Å². The monoisotopic (exact) mass is 595 g/mol. The summed E-state index contributed by atoms with van der Waals surface area (Å²) in [5.41, 5.74) is 1.02. The van der Waals surface area contributed by atoms with E-state index < -0.39 is 17.8 Å². The van der Waals surface area contributed by atoms with Crippen molar-refractivity contribution in [1.82, 2.24) is 9.78 Å². The number of aromatic nitrogens is 2. The van der Waals surface area contributed by atoms with E-state index in [1.807, 2.05) is 6.07 Å². The summed E-state index contributed by atoms with van der Waals surface area (Å²) in [5.74, 6) is -1.99. The standard InChI is InChI=1S/C26H19Br2N3O4/c1-2-35-26(34)20-16-29-31(17-10-4-3-5-11-17)23(20)30(24(32)18-12-6-8-14-21(18)27)25(33)19-13-7-9-15-22(19)28/h3-16H,2H2,1H3. The number of para-hydroxylation sites is 1. The maximum Gasteiger partial charge on any atom is 0.343 e. The normalized spacial score (nSPS) is 10.6. The van der Waals surface area contributed by atoms with E-state index in [4.69, 9.17) is 4.74 Å². The predicted octanol–water partition coefficient (Wildman–Crippen LogP) is 6.06. The molecule has 1 aromatic heterocycles. The minimum absolute atomic E-state index is 0.0171. The molecule has 0 bridgehead atoms. The number of benzene rings is 3. The first-order valence-corrected chi connectivity index (χ1v) is 12.2. The Kier molecular flexibility index (Phi) is 7.57. The van der Waals surface area contributed by atoms with Crippen molar-refractivity contribution in [3.63, 3.8) is 0 Å². The molecule has 0 saturated carbocycles. The summed E-state index contributed by atoms with van der Waals surface area (Å²) in [5, 5.41) is 4.35. The van der Waals surface area contributed by atoms with Crippen molar-refractivity contribution in [1.29, 1.82) is 0 Å². The molecule has 0 unspecified atom stereocenters. The van der Waals surface area contributed by atoms with Gasteiger partial charge in [-0.3, -0.25) is 9.59 Å². The Bertz CT molecular complexity index is 1350. The number of hydrogen-bond acceptors (Lipinski definition) is 5. The van der Waals surface area contributed by atoms with Crippen LogP contribution in [-0.2, 0) is 4.74 Å². The molecule has 0 aliphatic heterocycles. The number of halogens is 2. The van der Waals surface area contributed by atoms with Gasteiger partial charge in [0.1, 0.15) is 5.56 Å². The number of ether oxygens (including phenoxy) is 1. The lowest BCUT2D eigenvalue weighted by Crippen LogP contribution is -2.40. The van der Waals surface area contributed by atoms with Crippen LogP contribution in [0.15, 0.2) is 94.0 Å². The molecule has 4 rings (SSSR count). The van der Waals surface area contributed by atoms with Crippen LogP contribution in [0, 0.1) is 0 Å². The van der Waals surface area contributed by atoms with Crippen LogP contribution >= 0.6 is 31.9 Å². The van der Waals surface area contributed by atoms with Gasteiger partial charge in [0.2, 0.25) is 0 Å². The molecule has 0 aliphatic rings. The summed E-state index contributed by atoms with van der Waals surface area (Å²) in [7, 11) is 0. The zero-order chi connectivity index (χ0) is 24.9. The molecule has 0 aliphatic carbocycles. The zero-order valence-electron chi connectivity index (χ0n) is 18.5. The van der Waals surface area contributed by atoms with Crippen molar-refractivity contribution in [2.75, 3.05) is 11.5 Å². The minimum atomic E-state index is -0.700. The first-order valence-electron chi connectivity index (χ1n) is 10.6. The van der Waals surface area contributed by atoms with Gasteiger partial charge in [-0.05, 0) is 75.2 Å². The van der Waals surface area contributed by atoms with E-state index in [9.17, 15) is 14.4 Å². The van der Waals surface area contributed by atoms with E-state index in [1.165, 1.54) is 10.9 Å². The van der Waals surface area contributed by atoms with Crippen LogP contribution in [0.2, 0.25) is 0 Å². The summed E-state index contributed by atoms with van der Waals surface area (Å²) < 4.78 is 7.61. The topological polar surface area (TPSA) is 81.5 Å². The molecule has 9 heteroatoms. The van der Waals surface area contributed by atoms with E-state index >= 15 is 0 Å². The summed E-state index contributed by atoms with van der Waals surface area (Å²) in [6.45, 7) is 1.79. The van der Waals surface area contributed by atoms with Gasteiger partial charge >= 0.3 is 5.97 Å². The quantitative estimate of drug-likeness (QED) is 0.200. The van der Waals surface area contributed by atoms with Crippen molar-refractivity contribution in [2.45, 2.75) is 6.92 Å². The lowest BCUT2D eigenvalue weighted by molar-refractivity contribution is 0.0527. The van der Waals surface area contributed by atoms with Crippen LogP contribution in [0.5, 0.6) is 0 Å². The molecule has 0 spiro atoms. The van der Waals surface area contributed by atoms with Crippen LogP contribution in [0.1, 0.15) is 38.0 Å². The van der Waals surface area contributed by atoms with Crippen LogP contribution < -0.4 is 4.90 Å². The fourth-order valence-corrected chi connectivity index (χ4v) is 4.37. The van der Waals surface area contributed by atoms with E-state index in [0.29, 0.717) is 14.6 Å². The Morgan fingerprint density at radius 2 is 1.31 bits per heavy atom. The smallest absolute Gasteiger partial charge is 0.343 e. The lowest BCUT2D eigenvalue weighted by Gasteiger charge is -2.24. The number of anilines is 1. The Morgan fingerprint density at radius 3 is 1.83 bits per heavy atom. The third kappa shape index (κ3) is 4.96. The maximum absolute atomic E-state index is 14.0. The van der Waals surface area contributed by atoms with Gasteiger partial charge in [0.05, 0.1) is 29.6 Å². The molecule has 0 atom stereocenters. The Balaban J connectivity index is 2.00. The number of carbonyl (C=O) groups is 3. The molecule has 2 amide bonds. The molecule has 176 valence electrons. The number of rotatable bonds is 6. The first kappa shape index (κ1) is 24.6. The molecular weight excluding hydrogens is 578 g/mol. The molecule has 0 fully saturated rings. The molecule has 0 N–H and O–H groups in total. The van der Waals surface area contributed by atoms with Crippen LogP contribution in [-0.4, -0.2) is 34.2 Å². The third-order valence-corrected chi connectivity index (χ3v) is 6.45. The fourth-order valence-electron chi connectivity index (χ4n) is 3.46. The second-order valence-corrected chi connectivity index (χ2v) is 8.96. The molecular formula is C26H19Br2N3O4. The number of nitrogens with zero attached hydrogens (tertiary/aromatic N) is 3. The summed E-state index contributed by atoms with van der Waals surface area (Å²) in [4.78, 5) is 41.8. The summed E-state index contributed by atoms with van der Waals surface area (Å²) in [6, 6.07) is 22.4. The second kappa shape index (κ2) is 10.8. The number of imide groups is 1. The van der Waals surface area contributed by atoms with E-state index in [0.717, 1.165) is 4.90 Å². The van der Waals surface area contributed by atoms with Gasteiger partial charge in [0.15, 0.2) is 5.82 Å². The minimum Gasteiger partial charge on any atom is -0.462 e. The first-order chi connectivity index (χ1) is 16.9. The summed E-state index contributed by atoms with van der Waals surface area (Å²) >= 11 is 6.80. The number of amides is 2. The fraction of sp³-hybridized carbons (Fsp3) is 0.0769. The van der Waals surface area contributed by atoms with Crippen molar-refractivity contribution < 1.29 is 19.1 Å². The Morgan fingerprint density at radius 1 is 0.800 bits per heavy atom. The number of carbonyl (C=O) groups excluding carboxylic acids is 3. The number of esters is 1. The van der Waals surface area contributed by atoms with Gasteiger partial charge in [-0.25, -0.2) is 14.4 Å². The molecule has 3 aromatic carbocycles. The predicted molar refractivity (Wildman–Crippen MR) is 139 cm³/mol. The van der Waals surface area contributed by atoms with E-state index in [1.54, 1.807) is 79.7 Å². The van der Waals surface area contributed by atoms with Crippen molar-refractivity contribution in [2.24, 2.45) is 0 Å². The zero-order valence-corrected chi connectivity index (χ0v) is 21.7. The maximum atomic E-state index is 14.0. The van der Waals surface area contributed by atoms with Crippen molar-refractivity contribution in [3.8, 4) is 5.69 Å². The average molecular weight is 597 g/mol. The van der Waals surface area contributed by atoms with Crippen molar-refractivity contribution in [3.05, 3.63) is 111 Å². The highest BCUT2D eigenvalue weighted by Crippen LogP contribution is 2.31. The molecule has 1 heterocycles. The Labute approximate surface area is 218 Å². The molecule has 4 aromatic rings. The largest absolute Gasteiger partial charge is 0.462 e. The van der Waals surface area contributed by atoms with Gasteiger partial charge in [0, 0.05) is 8.95 Å². The highest BCUT2D eigenvalue weighted by atomic mass is 79.9. The highest BCUT2D eigenvalue weighted by molar-refractivity contribution is 9.10. The van der Waals surface area contributed by atoms with Crippen LogP contribution in [0.25, 0.3) is 5.69 Å². The van der Waals surface area contributed by atoms with Gasteiger partial charge in [-0.1, -0.05) is 42.5 Å². The number of hydrogen-bond donors (Lipinski definition) is 0. The third-order valence-electron chi connectivity index (χ3n) is 5.07. The van der Waals surface area contributed by atoms with E-state index in [-0.39, 0.29) is 29.1 Å². The van der Waals surface area contributed by atoms with Gasteiger partial charge in [-0.15, -0.1) is 0 Å².